The molecule has 4 N–H and O–H groups in total. The van der Waals surface area contributed by atoms with Gasteiger partial charge < -0.3 is 11.6 Å². The molecule has 0 radical (unpaired) electrons. The monoisotopic (exact) mass is 288 g/mol. The molecule has 3 rings (SSSR count). The molecule has 1 aliphatic carbocycles. The number of hydrogen-bond donors (Lipinski definition) is 2. The molecule has 1 saturated carbocycles. The molecule has 0 aliphatic heterocycles. The van der Waals surface area contributed by atoms with Gasteiger partial charge in [0.15, 0.2) is 5.82 Å². The molecular formula is C16H21FN4. The molecule has 0 unspecified atom stereocenters. The quantitative estimate of drug-likeness (QED) is 0.833. The minimum absolute atomic E-state index is 0.291. The number of halogens is 1. The summed E-state index contributed by atoms with van der Waals surface area (Å²) in [7, 11) is 0. The van der Waals surface area contributed by atoms with Crippen molar-refractivity contribution in [2.24, 2.45) is 0 Å². The summed E-state index contributed by atoms with van der Waals surface area (Å²) >= 11 is 0. The Kier molecular flexibility index (Phi) is 3.57. The highest BCUT2D eigenvalue weighted by Gasteiger charge is 2.24. The largest absolute Gasteiger partial charge is 0.382 e. The molecule has 0 bridgehead atoms. The molecule has 4 nitrogen and oxygen atoms in total. The van der Waals surface area contributed by atoms with E-state index in [0.717, 1.165) is 24.2 Å². The van der Waals surface area contributed by atoms with Crippen molar-refractivity contribution in [1.82, 2.24) is 9.66 Å². The van der Waals surface area contributed by atoms with Crippen LogP contribution in [0, 0.1) is 12.7 Å². The molecule has 0 spiro atoms. The number of nitrogens with zero attached hydrogens (tertiary/aromatic N) is 2. The van der Waals surface area contributed by atoms with Crippen LogP contribution in [0.15, 0.2) is 18.2 Å². The summed E-state index contributed by atoms with van der Waals surface area (Å²) in [5, 5.41) is 0. The smallest absolute Gasteiger partial charge is 0.150 e. The summed E-state index contributed by atoms with van der Waals surface area (Å²) in [5.41, 5.74) is 8.36. The van der Waals surface area contributed by atoms with Crippen molar-refractivity contribution >= 4 is 5.82 Å². The first kappa shape index (κ1) is 13.9. The van der Waals surface area contributed by atoms with Gasteiger partial charge in [0.05, 0.1) is 0 Å². The fourth-order valence-corrected chi connectivity index (χ4v) is 3.16. The molecule has 1 aliphatic rings. The molecule has 2 aromatic rings. The molecule has 1 aromatic carbocycles. The fourth-order valence-electron chi connectivity index (χ4n) is 3.16. The topological polar surface area (TPSA) is 69.9 Å². The summed E-state index contributed by atoms with van der Waals surface area (Å²) in [4.78, 5) is 4.65. The van der Waals surface area contributed by atoms with E-state index < -0.39 is 0 Å². The Labute approximate surface area is 123 Å². The number of nitrogens with two attached hydrogens (primary N) is 2. The lowest BCUT2D eigenvalue weighted by Crippen LogP contribution is -2.19. The zero-order chi connectivity index (χ0) is 15.0. The Hall–Kier alpha value is -2.04. The van der Waals surface area contributed by atoms with Gasteiger partial charge in [-0.2, -0.15) is 0 Å². The van der Waals surface area contributed by atoms with Crippen LogP contribution < -0.4 is 11.6 Å². The molecule has 21 heavy (non-hydrogen) atoms. The minimum Gasteiger partial charge on any atom is -0.382 e. The van der Waals surface area contributed by atoms with Gasteiger partial charge in [-0.15, -0.1) is 0 Å². The molecule has 1 aromatic heterocycles. The third-order valence-corrected chi connectivity index (χ3v) is 4.40. The van der Waals surface area contributed by atoms with E-state index in [4.69, 9.17) is 11.6 Å². The summed E-state index contributed by atoms with van der Waals surface area (Å²) < 4.78 is 15.0. The van der Waals surface area contributed by atoms with Crippen molar-refractivity contribution in [2.45, 2.75) is 44.9 Å². The maximum absolute atomic E-state index is 13.5. The molecular weight excluding hydrogens is 267 g/mol. The van der Waals surface area contributed by atoms with Gasteiger partial charge in [0.2, 0.25) is 0 Å². The van der Waals surface area contributed by atoms with Crippen LogP contribution >= 0.6 is 0 Å². The molecule has 0 amide bonds. The lowest BCUT2D eigenvalue weighted by Gasteiger charge is -2.20. The van der Waals surface area contributed by atoms with Gasteiger partial charge in [0.25, 0.3) is 0 Å². The molecule has 0 atom stereocenters. The van der Waals surface area contributed by atoms with E-state index in [0.29, 0.717) is 23.0 Å². The van der Waals surface area contributed by atoms with Gasteiger partial charge in [-0.05, 0) is 37.5 Å². The van der Waals surface area contributed by atoms with E-state index in [-0.39, 0.29) is 5.82 Å². The number of imidazole rings is 1. The van der Waals surface area contributed by atoms with Crippen LogP contribution in [0.3, 0.4) is 0 Å². The number of benzene rings is 1. The van der Waals surface area contributed by atoms with Crippen LogP contribution in [0.25, 0.3) is 11.3 Å². The lowest BCUT2D eigenvalue weighted by atomic mass is 9.89. The van der Waals surface area contributed by atoms with Gasteiger partial charge in [0, 0.05) is 11.5 Å². The summed E-state index contributed by atoms with van der Waals surface area (Å²) in [6, 6.07) is 4.65. The third-order valence-electron chi connectivity index (χ3n) is 4.40. The predicted molar refractivity (Wildman–Crippen MR) is 82.7 cm³/mol. The minimum atomic E-state index is -0.291. The highest BCUT2D eigenvalue weighted by molar-refractivity contribution is 5.73. The van der Waals surface area contributed by atoms with E-state index in [9.17, 15) is 4.39 Å². The first-order valence-electron chi connectivity index (χ1n) is 7.47. The van der Waals surface area contributed by atoms with Gasteiger partial charge in [-0.1, -0.05) is 25.3 Å². The number of hydrogen-bond acceptors (Lipinski definition) is 3. The Balaban J connectivity index is 2.05. The van der Waals surface area contributed by atoms with Gasteiger partial charge in [0.1, 0.15) is 17.3 Å². The standard InChI is InChI=1S/C16H21FN4/c1-10-7-8-12(17)9-13(10)14-15(18)21(19)16(20-14)11-5-3-2-4-6-11/h7-9,11H,2-6,18-19H2,1H3. The summed E-state index contributed by atoms with van der Waals surface area (Å²) in [6.45, 7) is 1.92. The lowest BCUT2D eigenvalue weighted by molar-refractivity contribution is 0.424. The molecule has 112 valence electrons. The maximum atomic E-state index is 13.5. The van der Waals surface area contributed by atoms with Crippen LogP contribution in [0.1, 0.15) is 49.4 Å². The SMILES string of the molecule is Cc1ccc(F)cc1-c1nc(C2CCCCC2)n(N)c1N. The molecule has 0 saturated heterocycles. The molecule has 1 heterocycles. The van der Waals surface area contributed by atoms with E-state index in [1.165, 1.54) is 36.1 Å². The van der Waals surface area contributed by atoms with Crippen molar-refractivity contribution in [3.05, 3.63) is 35.4 Å². The highest BCUT2D eigenvalue weighted by Crippen LogP contribution is 2.36. The average molecular weight is 288 g/mol. The van der Waals surface area contributed by atoms with E-state index in [2.05, 4.69) is 4.98 Å². The van der Waals surface area contributed by atoms with Crippen molar-refractivity contribution < 1.29 is 4.39 Å². The van der Waals surface area contributed by atoms with E-state index in [1.54, 1.807) is 6.07 Å². The van der Waals surface area contributed by atoms with Crippen LogP contribution in [-0.4, -0.2) is 9.66 Å². The van der Waals surface area contributed by atoms with Crippen molar-refractivity contribution in [3.63, 3.8) is 0 Å². The van der Waals surface area contributed by atoms with Crippen molar-refractivity contribution in [1.29, 1.82) is 0 Å². The van der Waals surface area contributed by atoms with E-state index in [1.807, 2.05) is 6.92 Å². The van der Waals surface area contributed by atoms with E-state index >= 15 is 0 Å². The second-order valence-electron chi connectivity index (χ2n) is 5.87. The van der Waals surface area contributed by atoms with Crippen LogP contribution in [-0.2, 0) is 0 Å². The number of nitrogen functional groups attached to an aromatic ring is 2. The third kappa shape index (κ3) is 2.48. The normalized spacial score (nSPS) is 16.3. The Bertz CT molecular complexity index is 657. The second kappa shape index (κ2) is 5.39. The fraction of sp³-hybridized carbons (Fsp3) is 0.438. The maximum Gasteiger partial charge on any atom is 0.150 e. The zero-order valence-electron chi connectivity index (χ0n) is 12.3. The van der Waals surface area contributed by atoms with Gasteiger partial charge >= 0.3 is 0 Å². The van der Waals surface area contributed by atoms with Crippen LogP contribution in [0.2, 0.25) is 0 Å². The summed E-state index contributed by atoms with van der Waals surface area (Å²) in [5.74, 6) is 7.39. The second-order valence-corrected chi connectivity index (χ2v) is 5.87. The van der Waals surface area contributed by atoms with Gasteiger partial charge in [-0.25, -0.2) is 14.1 Å². The Morgan fingerprint density at radius 2 is 1.95 bits per heavy atom. The van der Waals surface area contributed by atoms with Crippen LogP contribution in [0.5, 0.6) is 0 Å². The average Bonchev–Trinajstić information content (AvgIpc) is 2.79. The number of rotatable bonds is 2. The highest BCUT2D eigenvalue weighted by atomic mass is 19.1. The van der Waals surface area contributed by atoms with Crippen LogP contribution in [0.4, 0.5) is 10.2 Å². The Morgan fingerprint density at radius 3 is 2.67 bits per heavy atom. The molecule has 5 heteroatoms. The first-order valence-corrected chi connectivity index (χ1v) is 7.47. The van der Waals surface area contributed by atoms with Crippen molar-refractivity contribution in [2.75, 3.05) is 11.6 Å². The number of aromatic nitrogens is 2. The Morgan fingerprint density at radius 1 is 1.24 bits per heavy atom. The summed E-state index contributed by atoms with van der Waals surface area (Å²) in [6.07, 6.45) is 5.86. The van der Waals surface area contributed by atoms with Crippen molar-refractivity contribution in [3.8, 4) is 11.3 Å². The number of aryl methyl sites for hydroxylation is 1. The zero-order valence-corrected chi connectivity index (χ0v) is 12.3. The predicted octanol–water partition coefficient (Wildman–Crippen LogP) is 3.34. The number of anilines is 1. The van der Waals surface area contributed by atoms with Gasteiger partial charge in [-0.3, -0.25) is 0 Å². The molecule has 1 fully saturated rings. The first-order chi connectivity index (χ1) is 10.1.